The minimum Gasteiger partial charge on any atom is -0.493 e. The molecule has 1 atom stereocenters. The molecule has 1 aromatic rings. The predicted molar refractivity (Wildman–Crippen MR) is 67.4 cm³/mol. The van der Waals surface area contributed by atoms with Crippen LogP contribution >= 0.6 is 0 Å². The lowest BCUT2D eigenvalue weighted by molar-refractivity contribution is 0.0609. The Morgan fingerprint density at radius 3 is 2.89 bits per heavy atom. The van der Waals surface area contributed by atoms with Gasteiger partial charge in [-0.15, -0.1) is 0 Å². The van der Waals surface area contributed by atoms with Gasteiger partial charge in [0.2, 0.25) is 0 Å². The number of ether oxygens (including phenoxy) is 1. The molecule has 3 rings (SSSR count). The maximum atomic E-state index is 11.6. The first kappa shape index (κ1) is 12.0. The number of aryl methyl sites for hydroxylation is 1. The van der Waals surface area contributed by atoms with Crippen molar-refractivity contribution >= 4 is 9.84 Å². The number of rotatable bonds is 1. The molecule has 0 bridgehead atoms. The lowest BCUT2D eigenvalue weighted by Gasteiger charge is -2.28. The van der Waals surface area contributed by atoms with Gasteiger partial charge >= 0.3 is 0 Å². The van der Waals surface area contributed by atoms with E-state index < -0.39 is 15.4 Å². The standard InChI is InChI=1S/C13H16O4S/c14-13(6-8-18(15,16)9-13)11-5-1-3-10-4-2-7-17-12(10)11/h1,3,5,14H,2,4,6-9H2. The van der Waals surface area contributed by atoms with Gasteiger partial charge in [-0.05, 0) is 24.8 Å². The SMILES string of the molecule is O=S1(=O)CCC(O)(c2cccc3c2OCCC3)C1. The Balaban J connectivity index is 2.07. The fourth-order valence-corrected chi connectivity index (χ4v) is 4.62. The van der Waals surface area contributed by atoms with E-state index in [-0.39, 0.29) is 17.9 Å². The Bertz CT molecular complexity index is 579. The van der Waals surface area contributed by atoms with Crippen LogP contribution in [0.25, 0.3) is 0 Å². The van der Waals surface area contributed by atoms with E-state index in [0.717, 1.165) is 18.4 Å². The van der Waals surface area contributed by atoms with Gasteiger partial charge in [-0.25, -0.2) is 8.42 Å². The highest BCUT2D eigenvalue weighted by molar-refractivity contribution is 7.91. The van der Waals surface area contributed by atoms with Gasteiger partial charge in [-0.2, -0.15) is 0 Å². The van der Waals surface area contributed by atoms with Gasteiger partial charge in [0.1, 0.15) is 11.4 Å². The molecule has 1 saturated heterocycles. The predicted octanol–water partition coefficient (Wildman–Crippen LogP) is 1.02. The third kappa shape index (κ3) is 1.91. The molecule has 2 aliphatic heterocycles. The second-order valence-corrected chi connectivity index (χ2v) is 7.30. The third-order valence-electron chi connectivity index (χ3n) is 3.72. The molecule has 1 unspecified atom stereocenters. The van der Waals surface area contributed by atoms with E-state index in [4.69, 9.17) is 4.74 Å². The highest BCUT2D eigenvalue weighted by Gasteiger charge is 2.44. The van der Waals surface area contributed by atoms with Crippen LogP contribution in [-0.4, -0.2) is 31.6 Å². The van der Waals surface area contributed by atoms with Gasteiger partial charge in [0, 0.05) is 5.56 Å². The average molecular weight is 268 g/mol. The van der Waals surface area contributed by atoms with Crippen molar-refractivity contribution in [3.63, 3.8) is 0 Å². The van der Waals surface area contributed by atoms with Gasteiger partial charge in [0.15, 0.2) is 9.84 Å². The van der Waals surface area contributed by atoms with Gasteiger partial charge < -0.3 is 9.84 Å². The van der Waals surface area contributed by atoms with Crippen LogP contribution in [0.15, 0.2) is 18.2 Å². The molecule has 2 aliphatic rings. The van der Waals surface area contributed by atoms with Crippen molar-refractivity contribution in [1.29, 1.82) is 0 Å². The van der Waals surface area contributed by atoms with Crippen LogP contribution in [0.1, 0.15) is 24.0 Å². The van der Waals surface area contributed by atoms with Crippen molar-refractivity contribution in [3.05, 3.63) is 29.3 Å². The van der Waals surface area contributed by atoms with Gasteiger partial charge in [-0.1, -0.05) is 18.2 Å². The first-order valence-electron chi connectivity index (χ1n) is 6.18. The fraction of sp³-hybridized carbons (Fsp3) is 0.538. The first-order valence-corrected chi connectivity index (χ1v) is 8.00. The number of hydrogen-bond donors (Lipinski definition) is 1. The minimum atomic E-state index is -3.13. The quantitative estimate of drug-likeness (QED) is 0.826. The van der Waals surface area contributed by atoms with E-state index in [1.807, 2.05) is 12.1 Å². The number of hydrogen-bond acceptors (Lipinski definition) is 4. The van der Waals surface area contributed by atoms with E-state index in [1.54, 1.807) is 6.07 Å². The molecule has 98 valence electrons. The van der Waals surface area contributed by atoms with Crippen LogP contribution in [0, 0.1) is 0 Å². The van der Waals surface area contributed by atoms with Crippen molar-refractivity contribution in [2.24, 2.45) is 0 Å². The van der Waals surface area contributed by atoms with Crippen LogP contribution in [0.5, 0.6) is 5.75 Å². The molecular weight excluding hydrogens is 252 g/mol. The van der Waals surface area contributed by atoms with E-state index in [9.17, 15) is 13.5 Å². The Morgan fingerprint density at radius 2 is 2.17 bits per heavy atom. The zero-order valence-corrected chi connectivity index (χ0v) is 10.9. The second-order valence-electron chi connectivity index (χ2n) is 5.12. The molecule has 0 aromatic heterocycles. The van der Waals surface area contributed by atoms with Crippen molar-refractivity contribution in [2.75, 3.05) is 18.1 Å². The summed E-state index contributed by atoms with van der Waals surface area (Å²) in [6.07, 6.45) is 2.15. The van der Waals surface area contributed by atoms with Crippen molar-refractivity contribution < 1.29 is 18.3 Å². The Morgan fingerprint density at radius 1 is 1.33 bits per heavy atom. The molecule has 1 N–H and O–H groups in total. The summed E-state index contributed by atoms with van der Waals surface area (Å²) < 4.78 is 28.8. The smallest absolute Gasteiger partial charge is 0.153 e. The number of fused-ring (bicyclic) bond motifs is 1. The zero-order valence-electron chi connectivity index (χ0n) is 10.1. The summed E-state index contributed by atoms with van der Waals surface area (Å²) in [5.41, 5.74) is 0.430. The lowest BCUT2D eigenvalue weighted by Crippen LogP contribution is -2.28. The molecule has 1 aromatic carbocycles. The minimum absolute atomic E-state index is 0.0488. The highest BCUT2D eigenvalue weighted by atomic mass is 32.2. The molecule has 0 radical (unpaired) electrons. The number of sulfone groups is 1. The van der Waals surface area contributed by atoms with Crippen molar-refractivity contribution in [1.82, 2.24) is 0 Å². The molecular formula is C13H16O4S. The molecule has 0 saturated carbocycles. The number of benzene rings is 1. The summed E-state index contributed by atoms with van der Waals surface area (Å²) in [6.45, 7) is 0.632. The van der Waals surface area contributed by atoms with Gasteiger partial charge in [0.25, 0.3) is 0 Å². The van der Waals surface area contributed by atoms with Crippen molar-refractivity contribution in [3.8, 4) is 5.75 Å². The molecule has 4 nitrogen and oxygen atoms in total. The highest BCUT2D eigenvalue weighted by Crippen LogP contribution is 2.41. The summed E-state index contributed by atoms with van der Waals surface area (Å²) in [4.78, 5) is 0. The maximum Gasteiger partial charge on any atom is 0.153 e. The van der Waals surface area contributed by atoms with Crippen LogP contribution in [0.3, 0.4) is 0 Å². The molecule has 2 heterocycles. The van der Waals surface area contributed by atoms with Crippen LogP contribution in [-0.2, 0) is 21.9 Å². The number of aliphatic hydroxyl groups is 1. The van der Waals surface area contributed by atoms with Gasteiger partial charge in [-0.3, -0.25) is 0 Å². The van der Waals surface area contributed by atoms with E-state index in [2.05, 4.69) is 0 Å². The lowest BCUT2D eigenvalue weighted by atomic mass is 9.89. The summed E-state index contributed by atoms with van der Waals surface area (Å²) in [7, 11) is -3.13. The molecule has 18 heavy (non-hydrogen) atoms. The topological polar surface area (TPSA) is 63.6 Å². The van der Waals surface area contributed by atoms with Crippen LogP contribution in [0.2, 0.25) is 0 Å². The maximum absolute atomic E-state index is 11.6. The molecule has 0 spiro atoms. The summed E-state index contributed by atoms with van der Waals surface area (Å²) in [6, 6.07) is 5.63. The van der Waals surface area contributed by atoms with E-state index >= 15 is 0 Å². The molecule has 5 heteroatoms. The Hall–Kier alpha value is -1.07. The Labute approximate surface area is 107 Å². The number of para-hydroxylation sites is 1. The molecule has 1 fully saturated rings. The molecule has 0 amide bonds. The fourth-order valence-electron chi connectivity index (χ4n) is 2.80. The third-order valence-corrected chi connectivity index (χ3v) is 5.46. The summed E-state index contributed by atoms with van der Waals surface area (Å²) >= 11 is 0. The normalized spacial score (nSPS) is 29.6. The second kappa shape index (κ2) is 3.96. The monoisotopic (exact) mass is 268 g/mol. The van der Waals surface area contributed by atoms with Crippen molar-refractivity contribution in [2.45, 2.75) is 24.9 Å². The first-order chi connectivity index (χ1) is 8.50. The zero-order chi connectivity index (χ0) is 12.8. The summed E-state index contributed by atoms with van der Waals surface area (Å²) in [5.74, 6) is 0.552. The molecule has 0 aliphatic carbocycles. The Kier molecular flexibility index (Phi) is 2.64. The summed E-state index contributed by atoms with van der Waals surface area (Å²) in [5, 5.41) is 10.6. The largest absolute Gasteiger partial charge is 0.493 e. The average Bonchev–Trinajstić information content (AvgIpc) is 2.64. The van der Waals surface area contributed by atoms with E-state index in [1.165, 1.54) is 0 Å². The van der Waals surface area contributed by atoms with Crippen LogP contribution < -0.4 is 4.74 Å². The van der Waals surface area contributed by atoms with Crippen LogP contribution in [0.4, 0.5) is 0 Å². The van der Waals surface area contributed by atoms with Gasteiger partial charge in [0.05, 0.1) is 18.1 Å². The van der Waals surface area contributed by atoms with E-state index in [0.29, 0.717) is 17.9 Å².